The lowest BCUT2D eigenvalue weighted by molar-refractivity contribution is -0.150. The highest BCUT2D eigenvalue weighted by Crippen LogP contribution is 2.30. The van der Waals surface area contributed by atoms with Crippen LogP contribution in [0.1, 0.15) is 50.7 Å². The van der Waals surface area contributed by atoms with Gasteiger partial charge >= 0.3 is 18.2 Å². The largest absolute Gasteiger partial charge is 0.492 e. The van der Waals surface area contributed by atoms with E-state index in [4.69, 9.17) is 9.47 Å². The first kappa shape index (κ1) is 32.8. The zero-order valence-corrected chi connectivity index (χ0v) is 22.5. The lowest BCUT2D eigenvalue weighted by atomic mass is 10.1. The molecule has 1 atom stereocenters. The van der Waals surface area contributed by atoms with Crippen molar-refractivity contribution >= 4 is 17.7 Å². The van der Waals surface area contributed by atoms with E-state index in [1.807, 2.05) is 0 Å². The molecule has 0 saturated heterocycles. The van der Waals surface area contributed by atoms with E-state index in [-0.39, 0.29) is 51.3 Å². The Bertz CT molecular complexity index is 1060. The molecule has 2 rings (SSSR count). The highest BCUT2D eigenvalue weighted by Gasteiger charge is 2.30. The molecule has 2 aromatic carbocycles. The minimum Gasteiger partial charge on any atom is -0.492 e. The first-order valence-electron chi connectivity index (χ1n) is 13.0. The summed E-state index contributed by atoms with van der Waals surface area (Å²) >= 11 is 0. The molecule has 222 valence electrons. The second-order valence-corrected chi connectivity index (χ2v) is 9.35. The van der Waals surface area contributed by atoms with Gasteiger partial charge in [0.25, 0.3) is 0 Å². The van der Waals surface area contributed by atoms with E-state index in [0.717, 1.165) is 36.8 Å². The van der Waals surface area contributed by atoms with Gasteiger partial charge in [-0.15, -0.1) is 0 Å². The Morgan fingerprint density at radius 2 is 1.60 bits per heavy atom. The molecule has 7 nitrogen and oxygen atoms in total. The number of benzene rings is 2. The van der Waals surface area contributed by atoms with Crippen LogP contribution in [0.3, 0.4) is 0 Å². The summed E-state index contributed by atoms with van der Waals surface area (Å²) in [5.74, 6) is -3.33. The van der Waals surface area contributed by atoms with Crippen LogP contribution in [0.25, 0.3) is 0 Å². The molecule has 2 aromatic rings. The molecule has 12 heteroatoms. The average molecular weight is 575 g/mol. The molecule has 1 unspecified atom stereocenters. The van der Waals surface area contributed by atoms with Gasteiger partial charge in [0.1, 0.15) is 12.4 Å². The minimum atomic E-state index is -4.50. The zero-order valence-electron chi connectivity index (χ0n) is 22.5. The van der Waals surface area contributed by atoms with Crippen molar-refractivity contribution in [3.05, 3.63) is 59.7 Å². The van der Waals surface area contributed by atoms with Gasteiger partial charge in [-0.3, -0.25) is 0 Å². The van der Waals surface area contributed by atoms with E-state index in [9.17, 15) is 36.6 Å². The smallest absolute Gasteiger partial charge is 0.416 e. The summed E-state index contributed by atoms with van der Waals surface area (Å²) in [4.78, 5) is 25.6. The van der Waals surface area contributed by atoms with Crippen LogP contribution < -0.4 is 10.1 Å². The lowest BCUT2D eigenvalue weighted by Gasteiger charge is -2.23. The van der Waals surface area contributed by atoms with E-state index >= 15 is 0 Å². The Hall–Kier alpha value is -3.41. The maximum absolute atomic E-state index is 13.1. The van der Waals surface area contributed by atoms with Crippen molar-refractivity contribution in [2.45, 2.75) is 64.2 Å². The second kappa shape index (κ2) is 15.4. The maximum atomic E-state index is 13.1. The molecule has 2 N–H and O–H groups in total. The van der Waals surface area contributed by atoms with Gasteiger partial charge in [-0.25, -0.2) is 18.4 Å². The van der Waals surface area contributed by atoms with E-state index in [2.05, 4.69) is 5.32 Å². The Kier molecular flexibility index (Phi) is 12.6. The molecule has 0 aliphatic carbocycles. The number of hydrogen-bond acceptors (Lipinski definition) is 4. The van der Waals surface area contributed by atoms with Gasteiger partial charge in [-0.1, -0.05) is 18.6 Å². The maximum Gasteiger partial charge on any atom is 0.416 e. The van der Waals surface area contributed by atoms with Crippen LogP contribution in [0.5, 0.6) is 5.75 Å². The van der Waals surface area contributed by atoms with Gasteiger partial charge in [-0.05, 0) is 68.7 Å². The fourth-order valence-corrected chi connectivity index (χ4v) is 3.80. The SMILES string of the molecule is CCOC(Cc1ccc(OCCN(CCCCCC(C)(F)F)C(=O)Nc2ccc(C(F)(F)F)cc2)cc1)C(=O)O. The number of aliphatic carboxylic acids is 1. The first-order valence-corrected chi connectivity index (χ1v) is 13.0. The predicted octanol–water partition coefficient (Wildman–Crippen LogP) is 6.87. The number of unbranched alkanes of at least 4 members (excludes halogenated alkanes) is 2. The number of alkyl halides is 5. The molecule has 0 fully saturated rings. The molecule has 2 amide bonds. The summed E-state index contributed by atoms with van der Waals surface area (Å²) in [5, 5.41) is 11.8. The van der Waals surface area contributed by atoms with Crippen LogP contribution in [0.4, 0.5) is 32.4 Å². The number of urea groups is 1. The van der Waals surface area contributed by atoms with Gasteiger partial charge in [0, 0.05) is 31.7 Å². The Morgan fingerprint density at radius 3 is 2.15 bits per heavy atom. The molecule has 0 saturated carbocycles. The van der Waals surface area contributed by atoms with Gasteiger partial charge < -0.3 is 24.8 Å². The highest BCUT2D eigenvalue weighted by atomic mass is 19.4. The standard InChI is InChI=1S/C28H35F5N2O5/c1-3-39-24(25(36)37)19-20-7-13-23(14-8-20)40-18-17-35(16-6-4-5-15-27(2,29)30)26(38)34-22-11-9-21(10-12-22)28(31,32)33/h7-14,24H,3-6,15-19H2,1-2H3,(H,34,38)(H,36,37). The number of carbonyl (C=O) groups excluding carboxylic acids is 1. The number of carbonyl (C=O) groups is 2. The van der Waals surface area contributed by atoms with Crippen molar-refractivity contribution in [3.63, 3.8) is 0 Å². The summed E-state index contributed by atoms with van der Waals surface area (Å²) in [7, 11) is 0. The topological polar surface area (TPSA) is 88.1 Å². The predicted molar refractivity (Wildman–Crippen MR) is 140 cm³/mol. The minimum absolute atomic E-state index is 0.0868. The fourth-order valence-electron chi connectivity index (χ4n) is 3.80. The molecular weight excluding hydrogens is 539 g/mol. The van der Waals surface area contributed by atoms with E-state index < -0.39 is 35.8 Å². The summed E-state index contributed by atoms with van der Waals surface area (Å²) < 4.78 is 75.5. The van der Waals surface area contributed by atoms with Crippen LogP contribution in [0, 0.1) is 0 Å². The van der Waals surface area contributed by atoms with Crippen molar-refractivity contribution in [3.8, 4) is 5.75 Å². The summed E-state index contributed by atoms with van der Waals surface area (Å²) in [6.07, 6.45) is -4.33. The van der Waals surface area contributed by atoms with Crippen molar-refractivity contribution in [2.75, 3.05) is 31.6 Å². The number of nitrogens with zero attached hydrogens (tertiary/aromatic N) is 1. The molecule has 0 radical (unpaired) electrons. The van der Waals surface area contributed by atoms with Crippen molar-refractivity contribution in [1.82, 2.24) is 4.90 Å². The van der Waals surface area contributed by atoms with Crippen LogP contribution in [0.15, 0.2) is 48.5 Å². The molecule has 0 heterocycles. The molecule has 0 spiro atoms. The zero-order chi connectivity index (χ0) is 29.8. The molecule has 0 aromatic heterocycles. The monoisotopic (exact) mass is 574 g/mol. The Morgan fingerprint density at radius 1 is 0.950 bits per heavy atom. The van der Waals surface area contributed by atoms with Gasteiger partial charge in [0.05, 0.1) is 12.1 Å². The fraction of sp³-hybridized carbons (Fsp3) is 0.500. The number of rotatable bonds is 16. The number of amides is 2. The van der Waals surface area contributed by atoms with Gasteiger partial charge in [0.15, 0.2) is 6.10 Å². The lowest BCUT2D eigenvalue weighted by Crippen LogP contribution is -2.38. The Balaban J connectivity index is 1.96. The van der Waals surface area contributed by atoms with Crippen molar-refractivity contribution < 1.29 is 46.1 Å². The van der Waals surface area contributed by atoms with Crippen LogP contribution in [0.2, 0.25) is 0 Å². The quantitative estimate of drug-likeness (QED) is 0.169. The summed E-state index contributed by atoms with van der Waals surface area (Å²) in [5.41, 5.74) is 0.0751. The number of nitrogens with one attached hydrogen (secondary N) is 1. The van der Waals surface area contributed by atoms with Crippen LogP contribution >= 0.6 is 0 Å². The van der Waals surface area contributed by atoms with E-state index in [1.165, 1.54) is 4.90 Å². The molecule has 0 bridgehead atoms. The number of hydrogen-bond donors (Lipinski definition) is 2. The number of carboxylic acid groups (broad SMARTS) is 1. The van der Waals surface area contributed by atoms with E-state index in [1.54, 1.807) is 31.2 Å². The second-order valence-electron chi connectivity index (χ2n) is 9.35. The molecule has 0 aliphatic heterocycles. The summed E-state index contributed by atoms with van der Waals surface area (Å²) in [6.45, 7) is 3.28. The third kappa shape index (κ3) is 12.2. The molecular formula is C28H35F5N2O5. The highest BCUT2D eigenvalue weighted by molar-refractivity contribution is 5.89. The average Bonchev–Trinajstić information content (AvgIpc) is 2.87. The first-order chi connectivity index (χ1) is 18.8. The van der Waals surface area contributed by atoms with Crippen molar-refractivity contribution in [2.24, 2.45) is 0 Å². The number of ether oxygens (including phenoxy) is 2. The third-order valence-corrected chi connectivity index (χ3v) is 5.91. The van der Waals surface area contributed by atoms with E-state index in [0.29, 0.717) is 18.6 Å². The third-order valence-electron chi connectivity index (χ3n) is 5.91. The Labute approximate surface area is 230 Å². The normalized spacial score (nSPS) is 12.6. The number of halogens is 5. The van der Waals surface area contributed by atoms with Crippen LogP contribution in [-0.2, 0) is 22.1 Å². The van der Waals surface area contributed by atoms with Gasteiger partial charge in [0.2, 0.25) is 5.92 Å². The van der Waals surface area contributed by atoms with Gasteiger partial charge in [-0.2, -0.15) is 13.2 Å². The number of anilines is 1. The number of carboxylic acids is 1. The van der Waals surface area contributed by atoms with Crippen molar-refractivity contribution in [1.29, 1.82) is 0 Å². The molecule has 0 aliphatic rings. The molecule has 40 heavy (non-hydrogen) atoms. The summed E-state index contributed by atoms with van der Waals surface area (Å²) in [6, 6.07) is 10.2. The van der Waals surface area contributed by atoms with Crippen LogP contribution in [-0.4, -0.2) is 60.3 Å².